The van der Waals surface area contributed by atoms with Crippen molar-refractivity contribution < 1.29 is 9.59 Å². The molecule has 0 radical (unpaired) electrons. The second-order valence-electron chi connectivity index (χ2n) is 5.66. The van der Waals surface area contributed by atoms with Crippen molar-refractivity contribution in [2.24, 2.45) is 11.1 Å². The Balaban J connectivity index is 1.70. The van der Waals surface area contributed by atoms with Gasteiger partial charge in [-0.3, -0.25) is 10.1 Å². The standard InChI is InChI=1S/C14H17N5O2/c1-14(12(15)20)3-5-19(8-14)13(21)18-11-6-9-2-4-16-10(9)7-17-11/h2,4,6-7,16H,3,5,8H2,1H3,(H2,15,20)(H,17,18,21). The minimum Gasteiger partial charge on any atom is -0.369 e. The molecule has 1 unspecified atom stereocenters. The van der Waals surface area contributed by atoms with Gasteiger partial charge in [0.2, 0.25) is 5.91 Å². The monoisotopic (exact) mass is 287 g/mol. The van der Waals surface area contributed by atoms with Crippen LogP contribution in [0, 0.1) is 5.41 Å². The van der Waals surface area contributed by atoms with Gasteiger partial charge in [0.1, 0.15) is 5.82 Å². The van der Waals surface area contributed by atoms with Crippen molar-refractivity contribution in [3.8, 4) is 0 Å². The molecule has 2 aromatic heterocycles. The summed E-state index contributed by atoms with van der Waals surface area (Å²) in [5, 5.41) is 3.73. The number of aromatic nitrogens is 2. The Morgan fingerprint density at radius 3 is 3.05 bits per heavy atom. The Hall–Kier alpha value is -2.57. The largest absolute Gasteiger partial charge is 0.369 e. The highest BCUT2D eigenvalue weighted by Crippen LogP contribution is 2.29. The highest BCUT2D eigenvalue weighted by Gasteiger charge is 2.40. The van der Waals surface area contributed by atoms with Crippen LogP contribution >= 0.6 is 0 Å². The molecule has 1 aliphatic heterocycles. The molecular formula is C14H17N5O2. The van der Waals surface area contributed by atoms with E-state index in [-0.39, 0.29) is 11.9 Å². The smallest absolute Gasteiger partial charge is 0.323 e. The Bertz CT molecular complexity index is 710. The molecule has 7 heteroatoms. The van der Waals surface area contributed by atoms with Crippen LogP contribution in [0.2, 0.25) is 0 Å². The highest BCUT2D eigenvalue weighted by molar-refractivity contribution is 5.92. The minimum absolute atomic E-state index is 0.262. The van der Waals surface area contributed by atoms with E-state index < -0.39 is 5.41 Å². The Kier molecular flexibility index (Phi) is 3.04. The number of likely N-dealkylation sites (tertiary alicyclic amines) is 1. The predicted octanol–water partition coefficient (Wildman–Crippen LogP) is 1.29. The van der Waals surface area contributed by atoms with Gasteiger partial charge in [0.05, 0.1) is 17.1 Å². The fraction of sp³-hybridized carbons (Fsp3) is 0.357. The molecule has 0 saturated carbocycles. The maximum absolute atomic E-state index is 12.2. The third-order valence-corrected chi connectivity index (χ3v) is 4.03. The lowest BCUT2D eigenvalue weighted by molar-refractivity contribution is -0.126. The van der Waals surface area contributed by atoms with Crippen LogP contribution in [0.15, 0.2) is 24.5 Å². The zero-order valence-electron chi connectivity index (χ0n) is 11.7. The van der Waals surface area contributed by atoms with E-state index in [1.54, 1.807) is 24.1 Å². The molecule has 3 heterocycles. The van der Waals surface area contributed by atoms with Crippen molar-refractivity contribution in [2.45, 2.75) is 13.3 Å². The Morgan fingerprint density at radius 2 is 2.33 bits per heavy atom. The van der Waals surface area contributed by atoms with Crippen LogP contribution < -0.4 is 11.1 Å². The van der Waals surface area contributed by atoms with E-state index in [2.05, 4.69) is 15.3 Å². The zero-order chi connectivity index (χ0) is 15.0. The first kappa shape index (κ1) is 13.4. The van der Waals surface area contributed by atoms with Gasteiger partial charge in [-0.25, -0.2) is 9.78 Å². The number of fused-ring (bicyclic) bond motifs is 1. The molecule has 21 heavy (non-hydrogen) atoms. The molecule has 110 valence electrons. The lowest BCUT2D eigenvalue weighted by Gasteiger charge is -2.21. The van der Waals surface area contributed by atoms with E-state index in [9.17, 15) is 9.59 Å². The second kappa shape index (κ2) is 4.76. The molecule has 4 N–H and O–H groups in total. The summed E-state index contributed by atoms with van der Waals surface area (Å²) >= 11 is 0. The number of H-pyrrole nitrogens is 1. The maximum Gasteiger partial charge on any atom is 0.323 e. The van der Waals surface area contributed by atoms with Gasteiger partial charge in [0.15, 0.2) is 0 Å². The molecule has 0 aliphatic carbocycles. The van der Waals surface area contributed by atoms with Crippen molar-refractivity contribution in [1.82, 2.24) is 14.9 Å². The number of nitrogens with zero attached hydrogens (tertiary/aromatic N) is 2. The number of carbonyl (C=O) groups excluding carboxylic acids is 2. The highest BCUT2D eigenvalue weighted by atomic mass is 16.2. The summed E-state index contributed by atoms with van der Waals surface area (Å²) in [7, 11) is 0. The molecule has 1 atom stereocenters. The Morgan fingerprint density at radius 1 is 1.52 bits per heavy atom. The van der Waals surface area contributed by atoms with Crippen LogP contribution in [0.5, 0.6) is 0 Å². The predicted molar refractivity (Wildman–Crippen MR) is 78.6 cm³/mol. The van der Waals surface area contributed by atoms with Crippen LogP contribution in [-0.4, -0.2) is 39.9 Å². The molecule has 3 amide bonds. The van der Waals surface area contributed by atoms with Crippen LogP contribution in [0.25, 0.3) is 10.9 Å². The molecule has 1 fully saturated rings. The van der Waals surface area contributed by atoms with E-state index >= 15 is 0 Å². The second-order valence-corrected chi connectivity index (χ2v) is 5.66. The van der Waals surface area contributed by atoms with Crippen LogP contribution in [0.4, 0.5) is 10.6 Å². The molecule has 1 aliphatic rings. The number of aromatic amines is 1. The number of anilines is 1. The number of nitrogens with two attached hydrogens (primary N) is 1. The van der Waals surface area contributed by atoms with Gasteiger partial charge in [-0.05, 0) is 25.5 Å². The van der Waals surface area contributed by atoms with Gasteiger partial charge in [-0.15, -0.1) is 0 Å². The molecule has 2 aromatic rings. The quantitative estimate of drug-likeness (QED) is 0.775. The molecule has 1 saturated heterocycles. The lowest BCUT2D eigenvalue weighted by atomic mass is 9.89. The van der Waals surface area contributed by atoms with Crippen LogP contribution in [-0.2, 0) is 4.79 Å². The first-order valence-corrected chi connectivity index (χ1v) is 6.77. The normalized spacial score (nSPS) is 21.7. The zero-order valence-corrected chi connectivity index (χ0v) is 11.7. The van der Waals surface area contributed by atoms with Gasteiger partial charge in [-0.1, -0.05) is 0 Å². The third kappa shape index (κ3) is 2.42. The fourth-order valence-electron chi connectivity index (χ4n) is 2.54. The van der Waals surface area contributed by atoms with Gasteiger partial charge in [0.25, 0.3) is 0 Å². The Labute approximate surface area is 121 Å². The number of nitrogens with one attached hydrogen (secondary N) is 2. The minimum atomic E-state index is -0.643. The van der Waals surface area contributed by atoms with Crippen molar-refractivity contribution in [3.63, 3.8) is 0 Å². The number of rotatable bonds is 2. The number of amides is 3. The summed E-state index contributed by atoms with van der Waals surface area (Å²) in [6.45, 7) is 2.63. The summed E-state index contributed by atoms with van der Waals surface area (Å²) < 4.78 is 0. The van der Waals surface area contributed by atoms with E-state index in [0.29, 0.717) is 25.3 Å². The number of hydrogen-bond acceptors (Lipinski definition) is 3. The molecule has 7 nitrogen and oxygen atoms in total. The summed E-state index contributed by atoms with van der Waals surface area (Å²) in [4.78, 5) is 32.4. The average Bonchev–Trinajstić information content (AvgIpc) is 3.05. The summed E-state index contributed by atoms with van der Waals surface area (Å²) in [5.74, 6) is 0.115. The number of primary amides is 1. The average molecular weight is 287 g/mol. The molecular weight excluding hydrogens is 270 g/mol. The van der Waals surface area contributed by atoms with Crippen LogP contribution in [0.1, 0.15) is 13.3 Å². The number of hydrogen-bond donors (Lipinski definition) is 3. The van der Waals surface area contributed by atoms with E-state index in [4.69, 9.17) is 5.73 Å². The molecule has 3 rings (SSSR count). The first-order chi connectivity index (χ1) is 9.98. The lowest BCUT2D eigenvalue weighted by Crippen LogP contribution is -2.40. The summed E-state index contributed by atoms with van der Waals surface area (Å²) in [5.41, 5.74) is 5.65. The van der Waals surface area contributed by atoms with E-state index in [0.717, 1.165) is 10.9 Å². The number of pyridine rings is 1. The van der Waals surface area contributed by atoms with Gasteiger partial charge < -0.3 is 15.6 Å². The summed E-state index contributed by atoms with van der Waals surface area (Å²) in [6.07, 6.45) is 4.07. The van der Waals surface area contributed by atoms with E-state index in [1.807, 2.05) is 12.3 Å². The topological polar surface area (TPSA) is 104 Å². The van der Waals surface area contributed by atoms with Crippen molar-refractivity contribution in [1.29, 1.82) is 0 Å². The molecule has 0 aromatic carbocycles. The van der Waals surface area contributed by atoms with Gasteiger partial charge >= 0.3 is 6.03 Å². The van der Waals surface area contributed by atoms with Gasteiger partial charge in [0, 0.05) is 24.7 Å². The summed E-state index contributed by atoms with van der Waals surface area (Å²) in [6, 6.07) is 3.45. The SMILES string of the molecule is CC1(C(N)=O)CCN(C(=O)Nc2cc3cc[nH]c3cn2)C1. The maximum atomic E-state index is 12.2. The van der Waals surface area contributed by atoms with Gasteiger partial charge in [-0.2, -0.15) is 0 Å². The van der Waals surface area contributed by atoms with Crippen molar-refractivity contribution >= 4 is 28.7 Å². The first-order valence-electron chi connectivity index (χ1n) is 6.77. The van der Waals surface area contributed by atoms with Crippen LogP contribution in [0.3, 0.4) is 0 Å². The fourth-order valence-corrected chi connectivity index (χ4v) is 2.54. The van der Waals surface area contributed by atoms with Crippen molar-refractivity contribution in [2.75, 3.05) is 18.4 Å². The number of urea groups is 1. The number of carbonyl (C=O) groups is 2. The molecule has 0 spiro atoms. The third-order valence-electron chi connectivity index (χ3n) is 4.03. The van der Waals surface area contributed by atoms with E-state index in [1.165, 1.54) is 0 Å². The molecule has 0 bridgehead atoms. The van der Waals surface area contributed by atoms with Crippen molar-refractivity contribution in [3.05, 3.63) is 24.5 Å².